The summed E-state index contributed by atoms with van der Waals surface area (Å²) in [6.45, 7) is 0. The van der Waals surface area contributed by atoms with Gasteiger partial charge in [0.2, 0.25) is 0 Å². The molecular formula is C48H92BrN. The van der Waals surface area contributed by atoms with Crippen LogP contribution in [-0.2, 0) is 0 Å². The highest BCUT2D eigenvalue weighted by molar-refractivity contribution is 4.82. The van der Waals surface area contributed by atoms with Gasteiger partial charge >= 0.3 is 0 Å². The highest BCUT2D eigenvalue weighted by Crippen LogP contribution is 2.45. The van der Waals surface area contributed by atoms with Crippen LogP contribution in [0, 0.1) is 0 Å². The maximum Gasteiger partial charge on any atom is 0.0896 e. The lowest BCUT2D eigenvalue weighted by Crippen LogP contribution is -3.00. The third kappa shape index (κ3) is 16.8. The van der Waals surface area contributed by atoms with Gasteiger partial charge in [-0.1, -0.05) is 180 Å². The fourth-order valence-corrected chi connectivity index (χ4v) is 12.1. The van der Waals surface area contributed by atoms with E-state index in [4.69, 9.17) is 0 Å². The van der Waals surface area contributed by atoms with E-state index in [0.717, 1.165) is 24.2 Å². The van der Waals surface area contributed by atoms with Crippen molar-refractivity contribution in [2.45, 2.75) is 307 Å². The van der Waals surface area contributed by atoms with Crippen molar-refractivity contribution in [3.63, 3.8) is 0 Å². The molecule has 0 atom stereocenters. The van der Waals surface area contributed by atoms with E-state index in [0.29, 0.717) is 0 Å². The number of halogens is 1. The second-order valence-corrected chi connectivity index (χ2v) is 18.5. The van der Waals surface area contributed by atoms with Crippen molar-refractivity contribution in [2.75, 3.05) is 0 Å². The molecule has 296 valence electrons. The monoisotopic (exact) mass is 762 g/mol. The predicted molar refractivity (Wildman–Crippen MR) is 219 cm³/mol. The van der Waals surface area contributed by atoms with Crippen LogP contribution in [0.25, 0.3) is 0 Å². The normalized spacial score (nSPS) is 26.4. The summed E-state index contributed by atoms with van der Waals surface area (Å²) in [4.78, 5) is 0. The maximum absolute atomic E-state index is 1.67. The van der Waals surface area contributed by atoms with E-state index in [-0.39, 0.29) is 17.0 Å². The summed E-state index contributed by atoms with van der Waals surface area (Å²) in [5.74, 6) is 0. The molecule has 0 N–H and O–H groups in total. The van der Waals surface area contributed by atoms with Crippen molar-refractivity contribution in [1.82, 2.24) is 0 Å². The molecular weight excluding hydrogens is 670 g/mol. The molecule has 50 heavy (non-hydrogen) atoms. The molecule has 4 rings (SSSR count). The van der Waals surface area contributed by atoms with Crippen molar-refractivity contribution in [3.05, 3.63) is 0 Å². The zero-order valence-electron chi connectivity index (χ0n) is 34.2. The number of rotatable bonds is 4. The highest BCUT2D eigenvalue weighted by atomic mass is 79.9. The molecule has 0 unspecified atom stereocenters. The van der Waals surface area contributed by atoms with Crippen molar-refractivity contribution in [3.8, 4) is 0 Å². The van der Waals surface area contributed by atoms with Crippen LogP contribution >= 0.6 is 0 Å². The Kier molecular flexibility index (Phi) is 26.7. The van der Waals surface area contributed by atoms with E-state index < -0.39 is 0 Å². The van der Waals surface area contributed by atoms with Crippen LogP contribution in [-0.4, -0.2) is 28.7 Å². The van der Waals surface area contributed by atoms with Crippen LogP contribution in [0.2, 0.25) is 0 Å². The van der Waals surface area contributed by atoms with Crippen LogP contribution in [0.5, 0.6) is 0 Å². The first-order valence-electron chi connectivity index (χ1n) is 24.3. The molecule has 0 spiro atoms. The lowest BCUT2D eigenvalue weighted by atomic mass is 9.80. The first-order valence-corrected chi connectivity index (χ1v) is 24.3. The lowest BCUT2D eigenvalue weighted by molar-refractivity contribution is -1.02. The van der Waals surface area contributed by atoms with Gasteiger partial charge in [0.1, 0.15) is 0 Å². The molecule has 0 radical (unpaired) electrons. The van der Waals surface area contributed by atoms with Gasteiger partial charge in [-0.25, -0.2) is 0 Å². The number of nitrogens with zero attached hydrogens (tertiary/aromatic N) is 1. The number of quaternary nitrogens is 1. The van der Waals surface area contributed by atoms with E-state index in [1.807, 2.05) is 0 Å². The Bertz CT molecular complexity index is 577. The van der Waals surface area contributed by atoms with Gasteiger partial charge in [0, 0.05) is 0 Å². The van der Waals surface area contributed by atoms with Gasteiger partial charge in [0.25, 0.3) is 0 Å². The molecule has 4 fully saturated rings. The average molecular weight is 763 g/mol. The van der Waals surface area contributed by atoms with Gasteiger partial charge < -0.3 is 21.5 Å². The quantitative estimate of drug-likeness (QED) is 0.250. The molecule has 2 heteroatoms. The van der Waals surface area contributed by atoms with Gasteiger partial charge in [-0.05, 0) is 103 Å². The van der Waals surface area contributed by atoms with Gasteiger partial charge in [0.15, 0.2) is 0 Å². The number of hydrogen-bond donors (Lipinski definition) is 0. The Labute approximate surface area is 326 Å². The summed E-state index contributed by atoms with van der Waals surface area (Å²) in [6.07, 6.45) is 67.4. The Morgan fingerprint density at radius 3 is 0.380 bits per heavy atom. The fraction of sp³-hybridized carbons (Fsp3) is 1.00. The summed E-state index contributed by atoms with van der Waals surface area (Å²) in [6, 6.07) is 3.81. The molecule has 4 aliphatic rings. The van der Waals surface area contributed by atoms with E-state index in [1.54, 1.807) is 55.8 Å². The van der Waals surface area contributed by atoms with Crippen molar-refractivity contribution >= 4 is 0 Å². The molecule has 4 saturated carbocycles. The minimum absolute atomic E-state index is 0. The Hall–Kier alpha value is 0.440. The predicted octanol–water partition coefficient (Wildman–Crippen LogP) is 13.5. The van der Waals surface area contributed by atoms with Crippen molar-refractivity contribution < 1.29 is 21.5 Å². The van der Waals surface area contributed by atoms with E-state index in [9.17, 15) is 0 Å². The van der Waals surface area contributed by atoms with Crippen LogP contribution in [0.15, 0.2) is 0 Å². The van der Waals surface area contributed by atoms with Gasteiger partial charge in [-0.15, -0.1) is 0 Å². The second-order valence-electron chi connectivity index (χ2n) is 18.5. The standard InChI is InChI=1S/C48H92N.BrH/c1-5-13-21-29-37-45(38-30-22-14-6-1)49(46-39-31-23-15-7-2-8-16-24-32-40-46,47-41-33-25-17-9-3-10-18-26-34-42-47)48-43-35-27-19-11-4-12-20-28-36-44-48;/h45-48H,1-44H2;1H/q+1;/p-1. The van der Waals surface area contributed by atoms with Crippen LogP contribution in [0.3, 0.4) is 0 Å². The minimum atomic E-state index is 0. The van der Waals surface area contributed by atoms with Crippen LogP contribution in [0.1, 0.15) is 283 Å². The third-order valence-electron chi connectivity index (χ3n) is 14.8. The molecule has 0 aliphatic heterocycles. The highest BCUT2D eigenvalue weighted by Gasteiger charge is 2.52. The Balaban J connectivity index is 0.00000676. The van der Waals surface area contributed by atoms with E-state index >= 15 is 0 Å². The Morgan fingerprint density at radius 1 is 0.160 bits per heavy atom. The smallest absolute Gasteiger partial charge is 0.0896 e. The first-order chi connectivity index (χ1) is 24.4. The summed E-state index contributed by atoms with van der Waals surface area (Å²) < 4.78 is 1.67. The molecule has 1 nitrogen and oxygen atoms in total. The molecule has 0 bridgehead atoms. The van der Waals surface area contributed by atoms with Gasteiger partial charge in [0.05, 0.1) is 24.2 Å². The fourth-order valence-electron chi connectivity index (χ4n) is 12.1. The average Bonchev–Trinajstić information content (AvgIpc) is 3.08. The van der Waals surface area contributed by atoms with E-state index in [1.165, 1.54) is 231 Å². The molecule has 0 aromatic carbocycles. The molecule has 0 saturated heterocycles. The summed E-state index contributed by atoms with van der Waals surface area (Å²) in [5.41, 5.74) is 0. The molecule has 0 heterocycles. The largest absolute Gasteiger partial charge is 1.00 e. The summed E-state index contributed by atoms with van der Waals surface area (Å²) in [5, 5.41) is 0. The molecule has 4 aliphatic carbocycles. The maximum atomic E-state index is 1.67. The molecule has 0 aromatic heterocycles. The van der Waals surface area contributed by atoms with Crippen molar-refractivity contribution in [2.24, 2.45) is 0 Å². The zero-order valence-corrected chi connectivity index (χ0v) is 35.8. The zero-order chi connectivity index (χ0) is 33.9. The molecule has 0 amide bonds. The SMILES string of the molecule is C1CCCCCC([N+](C2CCCCCCCCCCC2)(C2CCCCCCCCCCC2)C2CCCCCCCCCCC2)CCCCC1.[Br-]. The summed E-state index contributed by atoms with van der Waals surface area (Å²) in [7, 11) is 0. The van der Waals surface area contributed by atoms with Crippen LogP contribution in [0.4, 0.5) is 0 Å². The lowest BCUT2D eigenvalue weighted by Gasteiger charge is -2.60. The topological polar surface area (TPSA) is 0 Å². The second kappa shape index (κ2) is 29.8. The minimum Gasteiger partial charge on any atom is -1.00 e. The Morgan fingerprint density at radius 2 is 0.260 bits per heavy atom. The summed E-state index contributed by atoms with van der Waals surface area (Å²) >= 11 is 0. The van der Waals surface area contributed by atoms with Crippen LogP contribution < -0.4 is 17.0 Å². The number of hydrogen-bond acceptors (Lipinski definition) is 0. The van der Waals surface area contributed by atoms with E-state index in [2.05, 4.69) is 0 Å². The van der Waals surface area contributed by atoms with Crippen molar-refractivity contribution in [1.29, 1.82) is 0 Å². The first kappa shape index (κ1) is 44.8. The van der Waals surface area contributed by atoms with Gasteiger partial charge in [-0.3, -0.25) is 0 Å². The molecule has 0 aromatic rings. The third-order valence-corrected chi connectivity index (χ3v) is 14.8. The van der Waals surface area contributed by atoms with Gasteiger partial charge in [-0.2, -0.15) is 0 Å².